The molecule has 0 atom stereocenters. The lowest BCUT2D eigenvalue weighted by molar-refractivity contribution is 1.12. The number of hydrogen-bond donors (Lipinski definition) is 0. The van der Waals surface area contributed by atoms with Crippen LogP contribution < -0.4 is 0 Å². The highest BCUT2D eigenvalue weighted by Gasteiger charge is 2.16. The van der Waals surface area contributed by atoms with Crippen LogP contribution in [-0.4, -0.2) is 19.5 Å². The van der Waals surface area contributed by atoms with Crippen molar-refractivity contribution in [2.75, 3.05) is 0 Å². The molecule has 0 amide bonds. The van der Waals surface area contributed by atoms with E-state index in [2.05, 4.69) is 119 Å². The molecule has 8 rings (SSSR count). The van der Waals surface area contributed by atoms with E-state index < -0.39 is 0 Å². The van der Waals surface area contributed by atoms with Crippen LogP contribution in [-0.2, 0) is 0 Å². The lowest BCUT2D eigenvalue weighted by Crippen LogP contribution is -1.96. The molecule has 0 saturated carbocycles. The Kier molecular flexibility index (Phi) is 6.08. The van der Waals surface area contributed by atoms with E-state index >= 15 is 0 Å². The molecule has 8 aromatic rings. The quantitative estimate of drug-likeness (QED) is 0.214. The minimum atomic E-state index is 0.711. The van der Waals surface area contributed by atoms with E-state index in [1.54, 1.807) is 0 Å². The van der Waals surface area contributed by atoms with Gasteiger partial charge < -0.3 is 4.57 Å². The van der Waals surface area contributed by atoms with Crippen LogP contribution in [0.2, 0.25) is 0 Å². The highest BCUT2D eigenvalue weighted by Crippen LogP contribution is 2.38. The fraction of sp³-hybridized carbons (Fsp3) is 0. The van der Waals surface area contributed by atoms with E-state index in [1.165, 1.54) is 27.2 Å². The molecular formula is C39H26N4. The van der Waals surface area contributed by atoms with E-state index in [0.717, 1.165) is 39.3 Å². The minimum Gasteiger partial charge on any atom is -0.315 e. The normalized spacial score (nSPS) is 11.3. The van der Waals surface area contributed by atoms with E-state index in [9.17, 15) is 0 Å². The molecule has 0 fully saturated rings. The second-order valence-corrected chi connectivity index (χ2v) is 10.6. The van der Waals surface area contributed by atoms with Crippen LogP contribution in [0, 0.1) is 0 Å². The summed E-state index contributed by atoms with van der Waals surface area (Å²) in [5, 5.41) is 3.63. The highest BCUT2D eigenvalue weighted by molar-refractivity contribution is 6.12. The highest BCUT2D eigenvalue weighted by atomic mass is 15.0. The fourth-order valence-electron chi connectivity index (χ4n) is 5.85. The second kappa shape index (κ2) is 10.5. The molecule has 4 nitrogen and oxygen atoms in total. The van der Waals surface area contributed by atoms with Gasteiger partial charge in [0.05, 0.1) is 16.9 Å². The number of benzene rings is 5. The van der Waals surface area contributed by atoms with Gasteiger partial charge in [-0.15, -0.1) is 0 Å². The number of hydrogen-bond acceptors (Lipinski definition) is 3. The predicted molar refractivity (Wildman–Crippen MR) is 176 cm³/mol. The summed E-state index contributed by atoms with van der Waals surface area (Å²) in [5.41, 5.74) is 9.44. The van der Waals surface area contributed by atoms with Gasteiger partial charge in [0, 0.05) is 57.3 Å². The van der Waals surface area contributed by atoms with Gasteiger partial charge in [-0.3, -0.25) is 4.98 Å². The monoisotopic (exact) mass is 550 g/mol. The van der Waals surface area contributed by atoms with Gasteiger partial charge in [0.1, 0.15) is 0 Å². The zero-order valence-corrected chi connectivity index (χ0v) is 23.3. The Morgan fingerprint density at radius 1 is 0.465 bits per heavy atom. The van der Waals surface area contributed by atoms with Gasteiger partial charge in [-0.05, 0) is 35.2 Å². The first-order valence-electron chi connectivity index (χ1n) is 14.4. The smallest absolute Gasteiger partial charge is 0.160 e. The van der Waals surface area contributed by atoms with Crippen LogP contribution in [0.1, 0.15) is 0 Å². The predicted octanol–water partition coefficient (Wildman–Crippen LogP) is 9.64. The first-order valence-corrected chi connectivity index (χ1v) is 14.4. The third-order valence-electron chi connectivity index (χ3n) is 7.93. The molecule has 3 heterocycles. The topological polar surface area (TPSA) is 43.6 Å². The molecule has 0 aliphatic rings. The number of aromatic nitrogens is 4. The molecular weight excluding hydrogens is 524 g/mol. The third kappa shape index (κ3) is 4.55. The summed E-state index contributed by atoms with van der Waals surface area (Å²) in [6.45, 7) is 0. The zero-order chi connectivity index (χ0) is 28.6. The van der Waals surface area contributed by atoms with E-state index in [1.807, 2.05) is 48.8 Å². The fourth-order valence-corrected chi connectivity index (χ4v) is 5.85. The van der Waals surface area contributed by atoms with Crippen LogP contribution in [0.5, 0.6) is 0 Å². The molecule has 0 saturated heterocycles. The SMILES string of the molecule is c1ccc(-c2cc(-c3cccc(-c4cn(-c5ccncc5)c5c4ccc4ccccc45)c3)nc(-c3ccccc3)n2)cc1. The maximum atomic E-state index is 5.07. The first kappa shape index (κ1) is 24.9. The summed E-state index contributed by atoms with van der Waals surface area (Å²) < 4.78 is 2.28. The molecule has 0 bridgehead atoms. The largest absolute Gasteiger partial charge is 0.315 e. The molecule has 0 radical (unpaired) electrons. The zero-order valence-electron chi connectivity index (χ0n) is 23.3. The van der Waals surface area contributed by atoms with Crippen LogP contribution in [0.15, 0.2) is 158 Å². The molecule has 0 N–H and O–H groups in total. The van der Waals surface area contributed by atoms with Crippen molar-refractivity contribution in [2.45, 2.75) is 0 Å². The van der Waals surface area contributed by atoms with E-state index in [4.69, 9.17) is 9.97 Å². The van der Waals surface area contributed by atoms with Crippen molar-refractivity contribution in [3.05, 3.63) is 158 Å². The Bertz CT molecular complexity index is 2160. The average molecular weight is 551 g/mol. The molecule has 4 heteroatoms. The van der Waals surface area contributed by atoms with Gasteiger partial charge >= 0.3 is 0 Å². The van der Waals surface area contributed by atoms with Gasteiger partial charge in [-0.25, -0.2) is 9.97 Å². The van der Waals surface area contributed by atoms with Gasteiger partial charge in [-0.1, -0.05) is 115 Å². The summed E-state index contributed by atoms with van der Waals surface area (Å²) in [7, 11) is 0. The lowest BCUT2D eigenvalue weighted by atomic mass is 9.98. The number of nitrogens with zero attached hydrogens (tertiary/aromatic N) is 4. The van der Waals surface area contributed by atoms with Crippen molar-refractivity contribution in [1.29, 1.82) is 0 Å². The minimum absolute atomic E-state index is 0.711. The van der Waals surface area contributed by atoms with Crippen molar-refractivity contribution in [1.82, 2.24) is 19.5 Å². The van der Waals surface area contributed by atoms with Gasteiger partial charge in [0.15, 0.2) is 5.82 Å². The average Bonchev–Trinajstić information content (AvgIpc) is 3.50. The maximum Gasteiger partial charge on any atom is 0.160 e. The van der Waals surface area contributed by atoms with Crippen molar-refractivity contribution in [3.8, 4) is 50.7 Å². The molecule has 3 aromatic heterocycles. The number of pyridine rings is 1. The second-order valence-electron chi connectivity index (χ2n) is 10.6. The molecule has 0 spiro atoms. The van der Waals surface area contributed by atoms with Crippen LogP contribution in [0.3, 0.4) is 0 Å². The Morgan fingerprint density at radius 3 is 1.91 bits per heavy atom. The summed E-state index contributed by atoms with van der Waals surface area (Å²) in [5.74, 6) is 0.711. The van der Waals surface area contributed by atoms with Crippen molar-refractivity contribution in [2.24, 2.45) is 0 Å². The van der Waals surface area contributed by atoms with Crippen LogP contribution in [0.4, 0.5) is 0 Å². The van der Waals surface area contributed by atoms with Crippen molar-refractivity contribution >= 4 is 21.7 Å². The van der Waals surface area contributed by atoms with Gasteiger partial charge in [0.25, 0.3) is 0 Å². The summed E-state index contributed by atoms with van der Waals surface area (Å²) >= 11 is 0. The van der Waals surface area contributed by atoms with Crippen LogP contribution in [0.25, 0.3) is 72.4 Å². The Morgan fingerprint density at radius 2 is 1.12 bits per heavy atom. The Labute approximate surface area is 249 Å². The first-order chi connectivity index (χ1) is 21.3. The molecule has 0 aliphatic carbocycles. The molecule has 0 aliphatic heterocycles. The summed E-state index contributed by atoms with van der Waals surface area (Å²) in [4.78, 5) is 14.3. The maximum absolute atomic E-state index is 5.07. The van der Waals surface area contributed by atoms with Crippen LogP contribution >= 0.6 is 0 Å². The standard InChI is InChI=1S/C39H26N4/c1-3-11-28(12-4-1)36-25-37(42-39(41-36)29-13-5-2-6-14-29)31-16-9-15-30(24-31)35-26-43(32-20-22-40-23-21-32)38-33-17-8-7-10-27(33)18-19-34(35)38/h1-26H. The summed E-state index contributed by atoms with van der Waals surface area (Å²) in [6, 6.07) is 48.4. The van der Waals surface area contributed by atoms with Gasteiger partial charge in [-0.2, -0.15) is 0 Å². The number of fused-ring (bicyclic) bond motifs is 3. The molecule has 5 aromatic carbocycles. The van der Waals surface area contributed by atoms with E-state index in [0.29, 0.717) is 5.82 Å². The lowest BCUT2D eigenvalue weighted by Gasteiger charge is -2.10. The third-order valence-corrected chi connectivity index (χ3v) is 7.93. The summed E-state index contributed by atoms with van der Waals surface area (Å²) in [6.07, 6.45) is 5.93. The molecule has 202 valence electrons. The number of rotatable bonds is 5. The molecule has 0 unspecified atom stereocenters. The van der Waals surface area contributed by atoms with Gasteiger partial charge in [0.2, 0.25) is 0 Å². The molecule has 43 heavy (non-hydrogen) atoms. The Balaban J connectivity index is 1.32. The Hall–Kier alpha value is -5.87. The van der Waals surface area contributed by atoms with E-state index in [-0.39, 0.29) is 0 Å². The van der Waals surface area contributed by atoms with Crippen molar-refractivity contribution < 1.29 is 0 Å². The van der Waals surface area contributed by atoms with Crippen molar-refractivity contribution in [3.63, 3.8) is 0 Å².